The molecule has 0 atom stereocenters. The maximum atomic E-state index is 11.8. The quantitative estimate of drug-likeness (QED) is 0.888. The van der Waals surface area contributed by atoms with Gasteiger partial charge in [0.15, 0.2) is 0 Å². The molecule has 1 fully saturated rings. The van der Waals surface area contributed by atoms with Gasteiger partial charge in [0.25, 0.3) is 0 Å². The Hall–Kier alpha value is -1.06. The highest BCUT2D eigenvalue weighted by atomic mass is 35.5. The van der Waals surface area contributed by atoms with Crippen LogP contribution in [0.4, 0.5) is 0 Å². The van der Waals surface area contributed by atoms with E-state index >= 15 is 0 Å². The molecule has 0 saturated carbocycles. The molecule has 3 nitrogen and oxygen atoms in total. The monoisotopic (exact) mass is 253 g/mol. The molecular formula is C13H16ClNO2. The minimum absolute atomic E-state index is 0.148. The SMILES string of the molecule is O=C(CCc1ccccc1Cl)N1CC(CO)C1. The van der Waals surface area contributed by atoms with E-state index in [0.29, 0.717) is 25.9 Å². The minimum atomic E-state index is 0.148. The Balaban J connectivity index is 1.79. The molecule has 1 aromatic carbocycles. The van der Waals surface area contributed by atoms with Gasteiger partial charge in [-0.1, -0.05) is 29.8 Å². The number of hydrogen-bond acceptors (Lipinski definition) is 2. The second-order valence-electron chi connectivity index (χ2n) is 4.44. The number of aliphatic hydroxyl groups excluding tert-OH is 1. The van der Waals surface area contributed by atoms with Crippen molar-refractivity contribution in [2.45, 2.75) is 12.8 Å². The molecule has 0 unspecified atom stereocenters. The van der Waals surface area contributed by atoms with E-state index in [1.807, 2.05) is 24.3 Å². The number of carbonyl (C=O) groups excluding carboxylic acids is 1. The molecule has 0 spiro atoms. The van der Waals surface area contributed by atoms with Gasteiger partial charge < -0.3 is 10.0 Å². The summed E-state index contributed by atoms with van der Waals surface area (Å²) in [6.07, 6.45) is 1.17. The molecule has 4 heteroatoms. The highest BCUT2D eigenvalue weighted by molar-refractivity contribution is 6.31. The predicted octanol–water partition coefficient (Wildman–Crippen LogP) is 1.72. The maximum Gasteiger partial charge on any atom is 0.222 e. The first-order valence-electron chi connectivity index (χ1n) is 5.82. The number of halogens is 1. The molecule has 92 valence electrons. The molecule has 0 aliphatic carbocycles. The van der Waals surface area contributed by atoms with Crippen LogP contribution in [0.5, 0.6) is 0 Å². The van der Waals surface area contributed by atoms with Crippen LogP contribution in [0.25, 0.3) is 0 Å². The van der Waals surface area contributed by atoms with Gasteiger partial charge in [-0.3, -0.25) is 4.79 Å². The number of aryl methyl sites for hydroxylation is 1. The van der Waals surface area contributed by atoms with Crippen molar-refractivity contribution >= 4 is 17.5 Å². The third-order valence-electron chi connectivity index (χ3n) is 3.13. The van der Waals surface area contributed by atoms with E-state index < -0.39 is 0 Å². The molecule has 1 aromatic rings. The van der Waals surface area contributed by atoms with Gasteiger partial charge in [-0.15, -0.1) is 0 Å². The normalized spacial score (nSPS) is 15.8. The highest BCUT2D eigenvalue weighted by Crippen LogP contribution is 2.19. The van der Waals surface area contributed by atoms with Crippen molar-refractivity contribution in [2.24, 2.45) is 5.92 Å². The van der Waals surface area contributed by atoms with E-state index in [0.717, 1.165) is 10.6 Å². The maximum absolute atomic E-state index is 11.8. The Morgan fingerprint density at radius 3 is 2.76 bits per heavy atom. The van der Waals surface area contributed by atoms with E-state index in [1.54, 1.807) is 4.90 Å². The van der Waals surface area contributed by atoms with Crippen LogP contribution < -0.4 is 0 Å². The van der Waals surface area contributed by atoms with Gasteiger partial charge in [0, 0.05) is 37.1 Å². The average Bonchev–Trinajstić information content (AvgIpc) is 2.26. The third-order valence-corrected chi connectivity index (χ3v) is 3.50. The number of aliphatic hydroxyl groups is 1. The molecule has 1 heterocycles. The first-order valence-corrected chi connectivity index (χ1v) is 6.20. The summed E-state index contributed by atoms with van der Waals surface area (Å²) in [5, 5.41) is 9.59. The Morgan fingerprint density at radius 2 is 2.12 bits per heavy atom. The van der Waals surface area contributed by atoms with Gasteiger partial charge in [0.05, 0.1) is 0 Å². The molecule has 0 bridgehead atoms. The fourth-order valence-electron chi connectivity index (χ4n) is 1.99. The zero-order chi connectivity index (χ0) is 12.3. The smallest absolute Gasteiger partial charge is 0.222 e. The largest absolute Gasteiger partial charge is 0.396 e. The van der Waals surface area contributed by atoms with Gasteiger partial charge in [0.2, 0.25) is 5.91 Å². The minimum Gasteiger partial charge on any atom is -0.396 e. The molecular weight excluding hydrogens is 238 g/mol. The number of rotatable bonds is 4. The van der Waals surface area contributed by atoms with Gasteiger partial charge >= 0.3 is 0 Å². The van der Waals surface area contributed by atoms with Gasteiger partial charge in [-0.05, 0) is 18.1 Å². The number of likely N-dealkylation sites (tertiary alicyclic amines) is 1. The number of benzene rings is 1. The summed E-state index contributed by atoms with van der Waals surface area (Å²) in [5.41, 5.74) is 1.02. The van der Waals surface area contributed by atoms with E-state index in [2.05, 4.69) is 0 Å². The van der Waals surface area contributed by atoms with Crippen LogP contribution in [0.1, 0.15) is 12.0 Å². The van der Waals surface area contributed by atoms with E-state index in [4.69, 9.17) is 16.7 Å². The highest BCUT2D eigenvalue weighted by Gasteiger charge is 2.29. The van der Waals surface area contributed by atoms with Crippen molar-refractivity contribution in [1.29, 1.82) is 0 Å². The van der Waals surface area contributed by atoms with Crippen molar-refractivity contribution in [3.8, 4) is 0 Å². The second-order valence-corrected chi connectivity index (χ2v) is 4.85. The summed E-state index contributed by atoms with van der Waals surface area (Å²) in [4.78, 5) is 13.6. The van der Waals surface area contributed by atoms with Crippen LogP contribution in [0.2, 0.25) is 5.02 Å². The molecule has 2 rings (SSSR count). The first kappa shape index (κ1) is 12.4. The zero-order valence-electron chi connectivity index (χ0n) is 9.60. The average molecular weight is 254 g/mol. The van der Waals surface area contributed by atoms with Crippen molar-refractivity contribution in [3.05, 3.63) is 34.9 Å². The number of hydrogen-bond donors (Lipinski definition) is 1. The lowest BCUT2D eigenvalue weighted by Gasteiger charge is -2.38. The van der Waals surface area contributed by atoms with Crippen LogP contribution in [-0.2, 0) is 11.2 Å². The topological polar surface area (TPSA) is 40.5 Å². The Labute approximate surface area is 106 Å². The Morgan fingerprint density at radius 1 is 1.41 bits per heavy atom. The number of nitrogens with zero attached hydrogens (tertiary/aromatic N) is 1. The zero-order valence-corrected chi connectivity index (χ0v) is 10.4. The van der Waals surface area contributed by atoms with E-state index in [9.17, 15) is 4.79 Å². The van der Waals surface area contributed by atoms with Crippen molar-refractivity contribution in [3.63, 3.8) is 0 Å². The van der Waals surface area contributed by atoms with Crippen LogP contribution in [0.3, 0.4) is 0 Å². The fraction of sp³-hybridized carbons (Fsp3) is 0.462. The molecule has 0 aromatic heterocycles. The molecule has 1 N–H and O–H groups in total. The van der Waals surface area contributed by atoms with Crippen LogP contribution in [0.15, 0.2) is 24.3 Å². The van der Waals surface area contributed by atoms with Gasteiger partial charge in [-0.25, -0.2) is 0 Å². The number of carbonyl (C=O) groups is 1. The molecule has 0 radical (unpaired) electrons. The molecule has 1 amide bonds. The molecule has 1 saturated heterocycles. The standard InChI is InChI=1S/C13H16ClNO2/c14-12-4-2-1-3-11(12)5-6-13(17)15-7-10(8-15)9-16/h1-4,10,16H,5-9H2. The molecule has 1 aliphatic rings. The van der Waals surface area contributed by atoms with Gasteiger partial charge in [0.1, 0.15) is 0 Å². The summed E-state index contributed by atoms with van der Waals surface area (Å²) in [7, 11) is 0. The lowest BCUT2D eigenvalue weighted by molar-refractivity contribution is -0.138. The third kappa shape index (κ3) is 2.99. The van der Waals surface area contributed by atoms with E-state index in [1.165, 1.54) is 0 Å². The Bertz CT molecular complexity index is 402. The van der Waals surface area contributed by atoms with Crippen molar-refractivity contribution in [1.82, 2.24) is 4.90 Å². The second kappa shape index (κ2) is 5.52. The fourth-order valence-corrected chi connectivity index (χ4v) is 2.22. The Kier molecular flexibility index (Phi) is 4.02. The van der Waals surface area contributed by atoms with Crippen molar-refractivity contribution < 1.29 is 9.90 Å². The lowest BCUT2D eigenvalue weighted by atomic mass is 10.00. The summed E-state index contributed by atoms with van der Waals surface area (Å²) >= 11 is 6.02. The number of amides is 1. The van der Waals surface area contributed by atoms with Crippen LogP contribution in [-0.4, -0.2) is 35.6 Å². The summed E-state index contributed by atoms with van der Waals surface area (Å²) in [6.45, 7) is 1.56. The van der Waals surface area contributed by atoms with Crippen LogP contribution in [0, 0.1) is 5.92 Å². The summed E-state index contributed by atoms with van der Waals surface area (Å²) in [5.74, 6) is 0.425. The summed E-state index contributed by atoms with van der Waals surface area (Å²) in [6, 6.07) is 7.60. The predicted molar refractivity (Wildman–Crippen MR) is 66.9 cm³/mol. The van der Waals surface area contributed by atoms with Gasteiger partial charge in [-0.2, -0.15) is 0 Å². The first-order chi connectivity index (χ1) is 8.20. The lowest BCUT2D eigenvalue weighted by Crippen LogP contribution is -2.51. The molecule has 1 aliphatic heterocycles. The molecule has 17 heavy (non-hydrogen) atoms. The van der Waals surface area contributed by atoms with E-state index in [-0.39, 0.29) is 18.4 Å². The summed E-state index contributed by atoms with van der Waals surface area (Å²) < 4.78 is 0. The van der Waals surface area contributed by atoms with Crippen molar-refractivity contribution in [2.75, 3.05) is 19.7 Å². The van der Waals surface area contributed by atoms with Crippen LogP contribution >= 0.6 is 11.6 Å².